The Balaban J connectivity index is 1.49. The zero-order valence-corrected chi connectivity index (χ0v) is 29.7. The third-order valence-corrected chi connectivity index (χ3v) is 10.1. The summed E-state index contributed by atoms with van der Waals surface area (Å²) < 4.78 is 5.22. The Kier molecular flexibility index (Phi) is 9.75. The van der Waals surface area contributed by atoms with E-state index < -0.39 is 11.9 Å². The van der Waals surface area contributed by atoms with Crippen LogP contribution in [-0.4, -0.2) is 50.0 Å². The number of esters is 1. The Labute approximate surface area is 295 Å². The van der Waals surface area contributed by atoms with E-state index >= 15 is 0 Å². The highest BCUT2D eigenvalue weighted by molar-refractivity contribution is 6.24. The summed E-state index contributed by atoms with van der Waals surface area (Å²) in [5, 5.41) is 11.8. The molecule has 2 aliphatic rings. The Morgan fingerprint density at radius 1 is 0.922 bits per heavy atom. The molecular weight excluding hydrogens is 644 g/mol. The molecule has 0 spiro atoms. The summed E-state index contributed by atoms with van der Waals surface area (Å²) in [5.74, 6) is -1.55. The lowest BCUT2D eigenvalue weighted by atomic mass is 9.87. The first kappa shape index (κ1) is 35.0. The number of anilines is 1. The molecule has 262 valence electrons. The predicted molar refractivity (Wildman–Crippen MR) is 199 cm³/mol. The second kappa shape index (κ2) is 14.2. The number of carbonyl (C=O) groups excluding carboxylic acids is 3. The molecule has 4 aromatic rings. The number of hydroxylamine groups is 1. The zero-order valence-electron chi connectivity index (χ0n) is 29.7. The molecule has 2 atom stereocenters. The Bertz CT molecular complexity index is 2280. The molecule has 0 radical (unpaired) electrons. The van der Waals surface area contributed by atoms with Gasteiger partial charge >= 0.3 is 5.97 Å². The van der Waals surface area contributed by atoms with Crippen LogP contribution in [0.25, 0.3) is 39.3 Å². The number of hydrogen-bond acceptors (Lipinski definition) is 7. The number of amides is 2. The number of methoxy groups -OCH3 is 1. The number of carbonyl (C=O) groups is 3. The number of aryl methyl sites for hydroxylation is 3. The Morgan fingerprint density at radius 2 is 1.63 bits per heavy atom. The number of allylic oxidation sites excluding steroid dienone is 1. The molecule has 0 fully saturated rings. The first-order valence-electron chi connectivity index (χ1n) is 17.0. The van der Waals surface area contributed by atoms with Crippen molar-refractivity contribution in [1.29, 1.82) is 0 Å². The smallest absolute Gasteiger partial charge is 0.340 e. The summed E-state index contributed by atoms with van der Waals surface area (Å²) >= 11 is 0. The van der Waals surface area contributed by atoms with Gasteiger partial charge in [0, 0.05) is 68.5 Å². The summed E-state index contributed by atoms with van der Waals surface area (Å²) in [7, 11) is 1.36. The average Bonchev–Trinajstić information content (AvgIpc) is 3.79. The van der Waals surface area contributed by atoms with Gasteiger partial charge in [0.1, 0.15) is 0 Å². The summed E-state index contributed by atoms with van der Waals surface area (Å²) in [4.78, 5) is 55.4. The first-order chi connectivity index (χ1) is 24.5. The van der Waals surface area contributed by atoms with Crippen molar-refractivity contribution in [3.63, 3.8) is 0 Å². The van der Waals surface area contributed by atoms with E-state index in [1.165, 1.54) is 19.2 Å². The molecule has 0 unspecified atom stereocenters. The monoisotopic (exact) mass is 686 g/mol. The number of aromatic nitrogens is 4. The molecule has 2 aliphatic heterocycles. The van der Waals surface area contributed by atoms with Crippen molar-refractivity contribution < 1.29 is 24.3 Å². The third-order valence-electron chi connectivity index (χ3n) is 10.1. The molecule has 2 amide bonds. The second-order valence-corrected chi connectivity index (χ2v) is 13.0. The van der Waals surface area contributed by atoms with Crippen LogP contribution >= 0.6 is 0 Å². The van der Waals surface area contributed by atoms with Gasteiger partial charge in [-0.05, 0) is 104 Å². The van der Waals surface area contributed by atoms with E-state index in [9.17, 15) is 14.4 Å². The summed E-state index contributed by atoms with van der Waals surface area (Å²) in [6.45, 7) is 14.4. The molecule has 3 aromatic heterocycles. The number of nitrogens with zero attached hydrogens (tertiary/aromatic N) is 2. The maximum absolute atomic E-state index is 13.2. The highest BCUT2D eigenvalue weighted by atomic mass is 16.5. The molecule has 5 N–H and O–H groups in total. The van der Waals surface area contributed by atoms with E-state index in [1.54, 1.807) is 17.6 Å². The number of hydrogen-bond donors (Lipinski definition) is 5. The van der Waals surface area contributed by atoms with Gasteiger partial charge in [0.2, 0.25) is 5.91 Å². The van der Waals surface area contributed by atoms with Gasteiger partial charge in [-0.25, -0.2) is 15.3 Å². The van der Waals surface area contributed by atoms with Crippen molar-refractivity contribution in [2.45, 2.75) is 65.7 Å². The molecule has 5 heterocycles. The SMILES string of the molecule is C=Cc1c(C)c2cc3nc(cc4nc(cc5[nH]c(cc1[nH]2)c(C)c5CC)C(C)=C4C(=O)OC)[C@@H](CCC(=O)Nc1ccc(C(=O)NO)cc1)[C@@H]3C. The number of H-pyrrole nitrogens is 2. The third kappa shape index (κ3) is 6.60. The summed E-state index contributed by atoms with van der Waals surface area (Å²) in [6, 6.07) is 14.2. The standard InChI is InChI=1S/C40H42N6O5/c1-8-26-20(3)29-16-30-22(5)28(14-15-37(47)41-25-12-10-24(11-13-25)39(48)46-50)35(44-30)19-36-38(40(49)51-7)23(6)32(45-36)18-34-27(9-2)21(4)31(43-34)17-33(26)42-29/h8,10-13,16-19,22,28,42-43,50H,1,9,14-15H2,2-7H3,(H,41,47)(H,46,48)/t22-,28-/m0/s1. The number of aromatic amines is 2. The summed E-state index contributed by atoms with van der Waals surface area (Å²) in [6.07, 6.45) is 3.33. The quantitative estimate of drug-likeness (QED) is 0.0722. The normalized spacial score (nSPS) is 15.4. The fraction of sp³-hybridized carbons (Fsp3) is 0.275. The van der Waals surface area contributed by atoms with E-state index in [1.807, 2.05) is 25.1 Å². The van der Waals surface area contributed by atoms with Crippen LogP contribution in [0, 0.1) is 13.8 Å². The molecule has 0 saturated heterocycles. The molecule has 51 heavy (non-hydrogen) atoms. The number of ether oxygens (including phenoxy) is 1. The lowest BCUT2D eigenvalue weighted by molar-refractivity contribution is -0.133. The van der Waals surface area contributed by atoms with E-state index in [2.05, 4.69) is 61.7 Å². The van der Waals surface area contributed by atoms with Crippen molar-refractivity contribution in [1.82, 2.24) is 25.4 Å². The van der Waals surface area contributed by atoms with Crippen LogP contribution in [0.3, 0.4) is 0 Å². The molecule has 11 heteroatoms. The average molecular weight is 687 g/mol. The van der Waals surface area contributed by atoms with Crippen molar-refractivity contribution in [2.75, 3.05) is 12.4 Å². The minimum atomic E-state index is -0.638. The fourth-order valence-electron chi connectivity index (χ4n) is 7.12. The minimum absolute atomic E-state index is 0.0677. The fourth-order valence-corrected chi connectivity index (χ4v) is 7.12. The zero-order chi connectivity index (χ0) is 36.6. The van der Waals surface area contributed by atoms with Crippen molar-refractivity contribution >= 4 is 62.8 Å². The molecule has 8 bridgehead atoms. The van der Waals surface area contributed by atoms with Gasteiger partial charge in [0.15, 0.2) is 0 Å². The van der Waals surface area contributed by atoms with Crippen molar-refractivity contribution in [3.8, 4) is 0 Å². The highest BCUT2D eigenvalue weighted by Crippen LogP contribution is 2.41. The van der Waals surface area contributed by atoms with Gasteiger partial charge < -0.3 is 20.0 Å². The van der Waals surface area contributed by atoms with Crippen LogP contribution in [0.15, 0.2) is 55.1 Å². The van der Waals surface area contributed by atoms with E-state index in [0.29, 0.717) is 34.6 Å². The van der Waals surface area contributed by atoms with Gasteiger partial charge in [0.05, 0.1) is 24.1 Å². The lowest BCUT2D eigenvalue weighted by Crippen LogP contribution is -2.18. The second-order valence-electron chi connectivity index (χ2n) is 13.0. The molecule has 0 saturated carbocycles. The first-order valence-corrected chi connectivity index (χ1v) is 17.0. The van der Waals surface area contributed by atoms with E-state index in [4.69, 9.17) is 19.9 Å². The van der Waals surface area contributed by atoms with E-state index in [-0.39, 0.29) is 29.7 Å². The highest BCUT2D eigenvalue weighted by Gasteiger charge is 2.31. The predicted octanol–water partition coefficient (Wildman–Crippen LogP) is 7.67. The van der Waals surface area contributed by atoms with Crippen LogP contribution in [0.2, 0.25) is 0 Å². The summed E-state index contributed by atoms with van der Waals surface area (Å²) in [5.41, 5.74) is 14.2. The maximum atomic E-state index is 13.2. The van der Waals surface area contributed by atoms with Crippen LogP contribution < -0.4 is 10.8 Å². The van der Waals surface area contributed by atoms with Crippen LogP contribution in [0.4, 0.5) is 5.69 Å². The van der Waals surface area contributed by atoms with Crippen LogP contribution in [-0.2, 0) is 20.7 Å². The minimum Gasteiger partial charge on any atom is -0.465 e. The van der Waals surface area contributed by atoms with Crippen LogP contribution in [0.5, 0.6) is 0 Å². The number of rotatable bonds is 8. The van der Waals surface area contributed by atoms with Gasteiger partial charge in [0.25, 0.3) is 5.91 Å². The van der Waals surface area contributed by atoms with Gasteiger partial charge in [-0.1, -0.05) is 26.5 Å². The Hall–Kier alpha value is -5.81. The molecule has 0 aliphatic carbocycles. The van der Waals surface area contributed by atoms with E-state index in [0.717, 1.165) is 62.1 Å². The molecule has 6 rings (SSSR count). The Morgan fingerprint density at radius 3 is 2.29 bits per heavy atom. The maximum Gasteiger partial charge on any atom is 0.340 e. The van der Waals surface area contributed by atoms with Crippen molar-refractivity contribution in [3.05, 3.63) is 106 Å². The van der Waals surface area contributed by atoms with Crippen LogP contribution in [0.1, 0.15) is 101 Å². The number of nitrogens with one attached hydrogen (secondary N) is 4. The largest absolute Gasteiger partial charge is 0.465 e. The van der Waals surface area contributed by atoms with Crippen molar-refractivity contribution in [2.24, 2.45) is 0 Å². The van der Waals surface area contributed by atoms with Gasteiger partial charge in [-0.2, -0.15) is 0 Å². The molecule has 11 nitrogen and oxygen atoms in total. The van der Waals surface area contributed by atoms with Gasteiger partial charge in [-0.15, -0.1) is 0 Å². The lowest BCUT2D eigenvalue weighted by Gasteiger charge is -2.16. The molecular formula is C40H42N6O5. The topological polar surface area (TPSA) is 162 Å². The van der Waals surface area contributed by atoms with Gasteiger partial charge in [-0.3, -0.25) is 19.8 Å². The number of fused-ring (bicyclic) bond motifs is 8. The molecule has 1 aromatic carbocycles. The number of benzene rings is 1.